The molecule has 2 nitrogen and oxygen atoms in total. The van der Waals surface area contributed by atoms with Gasteiger partial charge in [-0.25, -0.2) is 4.39 Å². The Morgan fingerprint density at radius 3 is 2.80 bits per heavy atom. The average molecular weight is 232 g/mol. The maximum absolute atomic E-state index is 13.3. The fourth-order valence-electron chi connectivity index (χ4n) is 1.88. The molecule has 1 saturated heterocycles. The summed E-state index contributed by atoms with van der Waals surface area (Å²) in [5.74, 6) is 0.133. The molecule has 1 unspecified atom stereocenters. The Labute approximate surface area is 94.9 Å². The molecular weight excluding hydrogens is 217 g/mol. The second-order valence-corrected chi connectivity index (χ2v) is 3.70. The molecule has 2 N–H and O–H groups in total. The monoisotopic (exact) mass is 231 g/mol. The van der Waals surface area contributed by atoms with Crippen molar-refractivity contribution in [2.24, 2.45) is 0 Å². The molecule has 0 amide bonds. The lowest BCUT2D eigenvalue weighted by atomic mass is 9.97. The Balaban J connectivity index is 0.00000112. The van der Waals surface area contributed by atoms with Crippen molar-refractivity contribution in [3.63, 3.8) is 0 Å². The Morgan fingerprint density at radius 1 is 1.47 bits per heavy atom. The highest BCUT2D eigenvalue weighted by Crippen LogP contribution is 2.23. The van der Waals surface area contributed by atoms with Crippen molar-refractivity contribution >= 4 is 12.4 Å². The average Bonchev–Trinajstić information content (AvgIpc) is 2.70. The first-order valence-corrected chi connectivity index (χ1v) is 4.91. The van der Waals surface area contributed by atoms with Crippen LogP contribution in [0.3, 0.4) is 0 Å². The van der Waals surface area contributed by atoms with Crippen LogP contribution in [-0.2, 0) is 6.61 Å². The highest BCUT2D eigenvalue weighted by atomic mass is 35.5. The van der Waals surface area contributed by atoms with E-state index in [1.807, 2.05) is 6.07 Å². The molecule has 0 spiro atoms. The van der Waals surface area contributed by atoms with Crippen molar-refractivity contribution in [3.8, 4) is 0 Å². The van der Waals surface area contributed by atoms with Gasteiger partial charge in [0, 0.05) is 12.1 Å². The molecule has 1 fully saturated rings. The molecule has 15 heavy (non-hydrogen) atoms. The quantitative estimate of drug-likeness (QED) is 0.814. The first-order valence-electron chi connectivity index (χ1n) is 4.91. The summed E-state index contributed by atoms with van der Waals surface area (Å²) in [5, 5.41) is 12.1. The van der Waals surface area contributed by atoms with E-state index in [1.165, 1.54) is 0 Å². The van der Waals surface area contributed by atoms with Crippen LogP contribution in [0, 0.1) is 5.82 Å². The number of aliphatic hydroxyl groups is 1. The van der Waals surface area contributed by atoms with E-state index in [4.69, 9.17) is 5.11 Å². The molecule has 2 rings (SSSR count). The normalized spacial score (nSPS) is 20.0. The molecule has 1 aliphatic heterocycles. The van der Waals surface area contributed by atoms with Crippen molar-refractivity contribution in [2.45, 2.75) is 18.9 Å². The second kappa shape index (κ2) is 5.45. The van der Waals surface area contributed by atoms with Gasteiger partial charge in [-0.3, -0.25) is 0 Å². The summed E-state index contributed by atoms with van der Waals surface area (Å²) < 4.78 is 13.3. The van der Waals surface area contributed by atoms with Crippen LogP contribution in [0.15, 0.2) is 18.2 Å². The number of benzene rings is 1. The van der Waals surface area contributed by atoms with Gasteiger partial charge in [-0.05, 0) is 30.5 Å². The maximum atomic E-state index is 13.3. The summed E-state index contributed by atoms with van der Waals surface area (Å²) in [7, 11) is 0. The summed E-state index contributed by atoms with van der Waals surface area (Å²) in [6.07, 6.45) is 1.07. The summed E-state index contributed by atoms with van der Waals surface area (Å²) in [6, 6.07) is 5.12. The number of hydrogen-bond donors (Lipinski definition) is 2. The molecule has 1 aliphatic rings. The van der Waals surface area contributed by atoms with Crippen molar-refractivity contribution in [2.75, 3.05) is 13.1 Å². The maximum Gasteiger partial charge on any atom is 0.128 e. The third-order valence-electron chi connectivity index (χ3n) is 2.78. The number of hydrogen-bond acceptors (Lipinski definition) is 2. The smallest absolute Gasteiger partial charge is 0.128 e. The molecule has 0 bridgehead atoms. The lowest BCUT2D eigenvalue weighted by molar-refractivity contribution is 0.275. The van der Waals surface area contributed by atoms with Gasteiger partial charge in [0.1, 0.15) is 5.82 Å². The van der Waals surface area contributed by atoms with E-state index in [2.05, 4.69) is 5.32 Å². The number of aliphatic hydroxyl groups excluding tert-OH is 1. The standard InChI is InChI=1S/C11H14FNO.ClH/c12-11-5-8(1-2-10(11)7-14)9-3-4-13-6-9;/h1-2,5,9,13-14H,3-4,6-7H2;1H. The predicted octanol–water partition coefficient (Wildman–Crippen LogP) is 1.82. The molecule has 0 saturated carbocycles. The molecule has 0 radical (unpaired) electrons. The minimum absolute atomic E-state index is 0. The summed E-state index contributed by atoms with van der Waals surface area (Å²) >= 11 is 0. The largest absolute Gasteiger partial charge is 0.392 e. The first-order chi connectivity index (χ1) is 6.81. The van der Waals surface area contributed by atoms with E-state index in [0.29, 0.717) is 11.5 Å². The Morgan fingerprint density at radius 2 is 2.27 bits per heavy atom. The fourth-order valence-corrected chi connectivity index (χ4v) is 1.88. The van der Waals surface area contributed by atoms with E-state index in [1.54, 1.807) is 12.1 Å². The van der Waals surface area contributed by atoms with Crippen molar-refractivity contribution in [3.05, 3.63) is 35.1 Å². The van der Waals surface area contributed by atoms with Crippen molar-refractivity contribution < 1.29 is 9.50 Å². The van der Waals surface area contributed by atoms with Gasteiger partial charge in [0.05, 0.1) is 6.61 Å². The topological polar surface area (TPSA) is 32.3 Å². The Bertz CT molecular complexity index is 326. The lowest BCUT2D eigenvalue weighted by Gasteiger charge is -2.09. The van der Waals surface area contributed by atoms with Gasteiger partial charge in [0.25, 0.3) is 0 Å². The molecule has 0 aromatic heterocycles. The van der Waals surface area contributed by atoms with E-state index < -0.39 is 0 Å². The summed E-state index contributed by atoms with van der Waals surface area (Å²) in [5.41, 5.74) is 1.41. The van der Waals surface area contributed by atoms with Gasteiger partial charge < -0.3 is 10.4 Å². The molecule has 84 valence electrons. The van der Waals surface area contributed by atoms with Gasteiger partial charge >= 0.3 is 0 Å². The molecule has 4 heteroatoms. The third-order valence-corrected chi connectivity index (χ3v) is 2.78. The van der Waals surface area contributed by atoms with Crippen LogP contribution in [0.2, 0.25) is 0 Å². The molecule has 1 heterocycles. The fraction of sp³-hybridized carbons (Fsp3) is 0.455. The molecule has 0 aliphatic carbocycles. The van der Waals surface area contributed by atoms with Crippen LogP contribution in [0.25, 0.3) is 0 Å². The molecule has 1 atom stereocenters. The van der Waals surface area contributed by atoms with Crippen LogP contribution in [0.1, 0.15) is 23.5 Å². The SMILES string of the molecule is Cl.OCc1ccc(C2CCNC2)cc1F. The van der Waals surface area contributed by atoms with E-state index in [9.17, 15) is 4.39 Å². The Hall–Kier alpha value is -0.640. The molecule has 1 aromatic rings. The molecular formula is C11H15ClFNO. The van der Waals surface area contributed by atoms with E-state index >= 15 is 0 Å². The summed E-state index contributed by atoms with van der Waals surface area (Å²) in [4.78, 5) is 0. The number of nitrogens with one attached hydrogen (secondary N) is 1. The van der Waals surface area contributed by atoms with Crippen molar-refractivity contribution in [1.82, 2.24) is 5.32 Å². The van der Waals surface area contributed by atoms with Crippen molar-refractivity contribution in [1.29, 1.82) is 0 Å². The highest BCUT2D eigenvalue weighted by molar-refractivity contribution is 5.85. The van der Waals surface area contributed by atoms with E-state index in [-0.39, 0.29) is 24.8 Å². The van der Waals surface area contributed by atoms with Gasteiger partial charge in [0.2, 0.25) is 0 Å². The van der Waals surface area contributed by atoms with Crippen LogP contribution >= 0.6 is 12.4 Å². The van der Waals surface area contributed by atoms with Gasteiger partial charge in [-0.15, -0.1) is 12.4 Å². The van der Waals surface area contributed by atoms with Crippen LogP contribution < -0.4 is 5.32 Å². The lowest BCUT2D eigenvalue weighted by Crippen LogP contribution is -2.08. The molecule has 1 aromatic carbocycles. The van der Waals surface area contributed by atoms with E-state index in [0.717, 1.165) is 25.1 Å². The van der Waals surface area contributed by atoms with Crippen LogP contribution in [0.4, 0.5) is 4.39 Å². The zero-order valence-corrected chi connectivity index (χ0v) is 9.19. The minimum Gasteiger partial charge on any atom is -0.392 e. The second-order valence-electron chi connectivity index (χ2n) is 3.70. The number of rotatable bonds is 2. The van der Waals surface area contributed by atoms with Crippen LogP contribution in [0.5, 0.6) is 0 Å². The first kappa shape index (κ1) is 12.4. The van der Waals surface area contributed by atoms with Gasteiger partial charge in [0.15, 0.2) is 0 Å². The summed E-state index contributed by atoms with van der Waals surface area (Å²) in [6.45, 7) is 1.71. The van der Waals surface area contributed by atoms with Gasteiger partial charge in [-0.2, -0.15) is 0 Å². The van der Waals surface area contributed by atoms with Gasteiger partial charge in [-0.1, -0.05) is 12.1 Å². The Kier molecular flexibility index (Phi) is 4.51. The van der Waals surface area contributed by atoms with Crippen LogP contribution in [-0.4, -0.2) is 18.2 Å². The minimum atomic E-state index is -0.295. The zero-order valence-electron chi connectivity index (χ0n) is 8.37. The predicted molar refractivity (Wildman–Crippen MR) is 59.8 cm³/mol. The zero-order chi connectivity index (χ0) is 9.97. The third kappa shape index (κ3) is 2.68. The highest BCUT2D eigenvalue weighted by Gasteiger charge is 2.17. The number of halogens is 2.